The van der Waals surface area contributed by atoms with Crippen LogP contribution in [0.1, 0.15) is 89.6 Å². The number of methoxy groups -OCH3 is 1. The Morgan fingerprint density at radius 1 is 1.11 bits per heavy atom. The zero-order valence-electron chi connectivity index (χ0n) is 39.6. The first-order valence-corrected chi connectivity index (χ1v) is 24.2. The number of likely N-dealkylation sites (tertiary alicyclic amines) is 2. The van der Waals surface area contributed by atoms with Gasteiger partial charge in [0, 0.05) is 91.2 Å². The lowest BCUT2D eigenvalue weighted by atomic mass is 9.72. The Labute approximate surface area is 387 Å². The van der Waals surface area contributed by atoms with E-state index in [9.17, 15) is 19.2 Å². The number of amides is 4. The second-order valence-electron chi connectivity index (χ2n) is 20.0. The van der Waals surface area contributed by atoms with Crippen molar-refractivity contribution in [2.45, 2.75) is 111 Å². The van der Waals surface area contributed by atoms with Crippen LogP contribution in [0, 0.1) is 16.7 Å². The fourth-order valence-electron chi connectivity index (χ4n) is 10.4. The molecular weight excluding hydrogens is 843 g/mol. The molecule has 15 nitrogen and oxygen atoms in total. The first kappa shape index (κ1) is 46.6. The average molecular weight is 910 g/mol. The van der Waals surface area contributed by atoms with Crippen molar-refractivity contribution in [1.29, 1.82) is 0 Å². The third-order valence-electron chi connectivity index (χ3n) is 14.1. The molecule has 8 rings (SSSR count). The Bertz CT molecular complexity index is 2410. The number of ether oxygens (including phenoxy) is 2. The minimum atomic E-state index is -1.03. The molecule has 0 radical (unpaired) electrons. The second-order valence-corrected chi connectivity index (χ2v) is 21.0. The van der Waals surface area contributed by atoms with Crippen LogP contribution in [0.15, 0.2) is 41.9 Å². The Balaban J connectivity index is 1.14. The number of hydrazine groups is 1. The number of rotatable bonds is 8. The minimum absolute atomic E-state index is 0.119. The number of likely N-dealkylation sites (N-methyl/N-ethyl adjacent to an activating group) is 1. The number of nitrogens with zero attached hydrogens (tertiary/aromatic N) is 7. The van der Waals surface area contributed by atoms with Crippen molar-refractivity contribution < 1.29 is 28.7 Å². The molecule has 1 spiro atoms. The maximum Gasteiger partial charge on any atom is 0.324 e. The summed E-state index contributed by atoms with van der Waals surface area (Å²) in [4.78, 5) is 72.6. The van der Waals surface area contributed by atoms with Crippen LogP contribution in [0.25, 0.3) is 33.4 Å². The predicted octanol–water partition coefficient (Wildman–Crippen LogP) is 6.31. The van der Waals surface area contributed by atoms with Crippen LogP contribution < -0.4 is 10.7 Å². The number of fused-ring (bicyclic) bond motifs is 6. The molecule has 6 bridgehead atoms. The molecule has 16 heteroatoms. The Morgan fingerprint density at radius 2 is 1.86 bits per heavy atom. The molecule has 0 saturated carbocycles. The van der Waals surface area contributed by atoms with Gasteiger partial charge in [0.2, 0.25) is 5.91 Å². The highest BCUT2D eigenvalue weighted by molar-refractivity contribution is 7.10. The molecule has 3 saturated heterocycles. The van der Waals surface area contributed by atoms with Crippen LogP contribution >= 0.6 is 11.3 Å². The Hall–Kier alpha value is -4.90. The van der Waals surface area contributed by atoms with Crippen LogP contribution in [-0.2, 0) is 43.2 Å². The summed E-state index contributed by atoms with van der Waals surface area (Å²) in [5.74, 6) is -1.47. The van der Waals surface area contributed by atoms with Gasteiger partial charge in [-0.15, -0.1) is 11.3 Å². The number of pyridine rings is 1. The summed E-state index contributed by atoms with van der Waals surface area (Å²) >= 11 is 1.44. The van der Waals surface area contributed by atoms with Crippen molar-refractivity contribution in [2.75, 3.05) is 60.5 Å². The third-order valence-corrected chi connectivity index (χ3v) is 15.0. The number of hydrogen-bond acceptors (Lipinski definition) is 11. The van der Waals surface area contributed by atoms with Gasteiger partial charge in [0.05, 0.1) is 34.8 Å². The van der Waals surface area contributed by atoms with Gasteiger partial charge in [0.25, 0.3) is 5.91 Å². The summed E-state index contributed by atoms with van der Waals surface area (Å²) < 4.78 is 14.3. The van der Waals surface area contributed by atoms with E-state index in [0.717, 1.165) is 70.6 Å². The number of piperidine rings is 1. The highest BCUT2D eigenvalue weighted by Crippen LogP contribution is 2.43. The molecule has 65 heavy (non-hydrogen) atoms. The smallest absolute Gasteiger partial charge is 0.324 e. The normalized spacial score (nSPS) is 22.3. The molecule has 0 unspecified atom stereocenters. The summed E-state index contributed by atoms with van der Waals surface area (Å²) in [6.07, 6.45) is 5.44. The molecule has 4 atom stereocenters. The molecule has 3 aromatic heterocycles. The minimum Gasteiger partial charge on any atom is -0.464 e. The monoisotopic (exact) mass is 909 g/mol. The van der Waals surface area contributed by atoms with E-state index < -0.39 is 35.4 Å². The van der Waals surface area contributed by atoms with Gasteiger partial charge in [-0.1, -0.05) is 33.8 Å². The SMILES string of the molecule is CCn1c(-c2cccnc2[C@H](C)OC)c2c3cc(ccc31)-c1csc(n1)C[C@H](NC(=O)[C@H](C(C)C)N(C)C(=O)N1CC3(CCN(C)CC3)C1)C(=O)N1CCC[C@H](N1)C(=O)OCC(C)(C)C2. The lowest BCUT2D eigenvalue weighted by Gasteiger charge is -2.54. The molecule has 4 aromatic rings. The molecule has 350 valence electrons. The molecule has 3 fully saturated rings. The van der Waals surface area contributed by atoms with Gasteiger partial charge in [-0.2, -0.15) is 0 Å². The number of benzene rings is 1. The van der Waals surface area contributed by atoms with Crippen molar-refractivity contribution in [3.63, 3.8) is 0 Å². The molecule has 4 amide bonds. The zero-order chi connectivity index (χ0) is 46.4. The van der Waals surface area contributed by atoms with E-state index in [2.05, 4.69) is 72.3 Å². The van der Waals surface area contributed by atoms with Crippen molar-refractivity contribution in [3.05, 3.63) is 58.2 Å². The van der Waals surface area contributed by atoms with Gasteiger partial charge < -0.3 is 34.1 Å². The molecule has 4 aliphatic heterocycles. The topological polar surface area (TPSA) is 154 Å². The highest BCUT2D eigenvalue weighted by atomic mass is 32.1. The maximum absolute atomic E-state index is 14.6. The molecule has 4 aliphatic rings. The van der Waals surface area contributed by atoms with Gasteiger partial charge in [-0.05, 0) is 102 Å². The Morgan fingerprint density at radius 3 is 2.57 bits per heavy atom. The molecule has 2 N–H and O–H groups in total. The number of cyclic esters (lactones) is 1. The van der Waals surface area contributed by atoms with Crippen LogP contribution in [0.2, 0.25) is 0 Å². The van der Waals surface area contributed by atoms with Crippen molar-refractivity contribution in [1.82, 2.24) is 45.0 Å². The molecule has 0 aliphatic carbocycles. The van der Waals surface area contributed by atoms with Gasteiger partial charge in [-0.3, -0.25) is 24.4 Å². The number of urea groups is 1. The van der Waals surface area contributed by atoms with Crippen molar-refractivity contribution in [2.24, 2.45) is 16.7 Å². The number of carbonyl (C=O) groups is 4. The van der Waals surface area contributed by atoms with Gasteiger partial charge in [-0.25, -0.2) is 15.2 Å². The van der Waals surface area contributed by atoms with Crippen LogP contribution in [0.5, 0.6) is 0 Å². The number of carbonyl (C=O) groups excluding carboxylic acids is 4. The highest BCUT2D eigenvalue weighted by Gasteiger charge is 2.48. The average Bonchev–Trinajstić information content (AvgIpc) is 3.88. The van der Waals surface area contributed by atoms with E-state index in [0.29, 0.717) is 50.4 Å². The molecule has 1 aromatic carbocycles. The van der Waals surface area contributed by atoms with Gasteiger partial charge in [0.1, 0.15) is 18.1 Å². The van der Waals surface area contributed by atoms with E-state index in [1.54, 1.807) is 20.4 Å². The summed E-state index contributed by atoms with van der Waals surface area (Å²) in [5.41, 5.74) is 9.58. The number of nitrogens with one attached hydrogen (secondary N) is 2. The maximum atomic E-state index is 14.6. The summed E-state index contributed by atoms with van der Waals surface area (Å²) in [7, 11) is 5.51. The number of aromatic nitrogens is 3. The number of aryl methyl sites for hydroxylation is 1. The zero-order valence-corrected chi connectivity index (χ0v) is 40.4. The van der Waals surface area contributed by atoms with Crippen molar-refractivity contribution in [3.8, 4) is 22.5 Å². The van der Waals surface area contributed by atoms with E-state index in [1.807, 2.05) is 37.1 Å². The molecular formula is C49H67N9O6S. The first-order valence-electron chi connectivity index (χ1n) is 23.3. The van der Waals surface area contributed by atoms with Gasteiger partial charge >= 0.3 is 12.0 Å². The lowest BCUT2D eigenvalue weighted by molar-refractivity contribution is -0.155. The second kappa shape index (κ2) is 18.8. The standard InChI is InChI=1S/C49H67N9O6S/c1-10-57-39-16-15-32-23-34(39)35(43(57)33-13-11-19-50-41(33)31(4)63-9)25-48(5,6)29-64-46(61)36-14-12-20-58(53-36)45(60)37(24-40-51-38(32)26-65-40)52-44(59)42(30(2)3)55(8)47(62)56-27-49(28-56)17-21-54(7)22-18-49/h11,13,15-16,19,23,26,30-31,36-37,42,53H,10,12,14,17-18,20-22,24-25,27-29H2,1-9H3,(H,52,59)/t31-,36-,37-,42-/m0/s1. The Kier molecular flexibility index (Phi) is 13.5. The quantitative estimate of drug-likeness (QED) is 0.193. The fraction of sp³-hybridized carbons (Fsp3) is 0.592. The van der Waals surface area contributed by atoms with Crippen molar-refractivity contribution >= 4 is 46.1 Å². The first-order chi connectivity index (χ1) is 31.0. The third kappa shape index (κ3) is 9.41. The summed E-state index contributed by atoms with van der Waals surface area (Å²) in [5, 5.41) is 8.28. The van der Waals surface area contributed by atoms with E-state index in [-0.39, 0.29) is 42.4 Å². The largest absolute Gasteiger partial charge is 0.464 e. The van der Waals surface area contributed by atoms with E-state index >= 15 is 0 Å². The number of esters is 1. The van der Waals surface area contributed by atoms with Gasteiger partial charge in [0.15, 0.2) is 0 Å². The fourth-order valence-corrected chi connectivity index (χ4v) is 11.2. The van der Waals surface area contributed by atoms with E-state index in [1.165, 1.54) is 21.2 Å². The molecule has 7 heterocycles. The number of hydrogen-bond donors (Lipinski definition) is 2. The predicted molar refractivity (Wildman–Crippen MR) is 252 cm³/mol. The summed E-state index contributed by atoms with van der Waals surface area (Å²) in [6, 6.07) is 7.69. The summed E-state index contributed by atoms with van der Waals surface area (Å²) in [6.45, 7) is 16.8. The van der Waals surface area contributed by atoms with Crippen LogP contribution in [-0.4, -0.2) is 137 Å². The number of thiazole rings is 1. The van der Waals surface area contributed by atoms with E-state index in [4.69, 9.17) is 19.4 Å². The lowest BCUT2D eigenvalue weighted by Crippen LogP contribution is -2.66. The van der Waals surface area contributed by atoms with Crippen LogP contribution in [0.3, 0.4) is 0 Å². The van der Waals surface area contributed by atoms with Crippen LogP contribution in [0.4, 0.5) is 4.79 Å².